The highest BCUT2D eigenvalue weighted by atomic mass is 32.1. The summed E-state index contributed by atoms with van der Waals surface area (Å²) in [6, 6.07) is 0. The Morgan fingerprint density at radius 2 is 2.19 bits per heavy atom. The first-order valence-electron chi connectivity index (χ1n) is 5.70. The second kappa shape index (κ2) is 4.93. The van der Waals surface area contributed by atoms with Crippen molar-refractivity contribution < 1.29 is 0 Å². The van der Waals surface area contributed by atoms with E-state index in [1.165, 1.54) is 25.9 Å². The molecule has 0 unspecified atom stereocenters. The number of likely N-dealkylation sites (tertiary alicyclic amines) is 1. The van der Waals surface area contributed by atoms with Crippen molar-refractivity contribution >= 4 is 17.2 Å². The van der Waals surface area contributed by atoms with Gasteiger partial charge in [0.25, 0.3) is 0 Å². The monoisotopic (exact) mass is 238 g/mol. The molecule has 2 heterocycles. The normalized spacial score (nSPS) is 16.8. The van der Waals surface area contributed by atoms with Gasteiger partial charge in [-0.2, -0.15) is 0 Å². The van der Waals surface area contributed by atoms with Crippen LogP contribution in [0.2, 0.25) is 0 Å². The molecule has 1 saturated heterocycles. The molecule has 0 saturated carbocycles. The van der Waals surface area contributed by atoms with E-state index in [-0.39, 0.29) is 5.84 Å². The molecule has 0 aromatic carbocycles. The van der Waals surface area contributed by atoms with E-state index in [0.29, 0.717) is 0 Å². The fourth-order valence-corrected chi connectivity index (χ4v) is 2.98. The number of amidine groups is 1. The van der Waals surface area contributed by atoms with Crippen molar-refractivity contribution in [3.05, 3.63) is 15.6 Å². The Morgan fingerprint density at radius 1 is 1.50 bits per heavy atom. The SMILES string of the molecule is Cc1nc(CCN2CCCC2)sc1C(=N)N. The van der Waals surface area contributed by atoms with Crippen molar-refractivity contribution in [2.75, 3.05) is 19.6 Å². The summed E-state index contributed by atoms with van der Waals surface area (Å²) in [4.78, 5) is 7.77. The molecular formula is C11H18N4S. The van der Waals surface area contributed by atoms with Gasteiger partial charge in [0, 0.05) is 13.0 Å². The zero-order chi connectivity index (χ0) is 11.5. The van der Waals surface area contributed by atoms with Crippen LogP contribution in [0.3, 0.4) is 0 Å². The van der Waals surface area contributed by atoms with Crippen LogP contribution in [-0.2, 0) is 6.42 Å². The standard InChI is InChI=1S/C11H18N4S/c1-8-10(11(12)13)16-9(14-8)4-7-15-5-2-3-6-15/h2-7H2,1H3,(H3,12,13). The van der Waals surface area contributed by atoms with Crippen LogP contribution < -0.4 is 5.73 Å². The summed E-state index contributed by atoms with van der Waals surface area (Å²) in [6.45, 7) is 5.46. The summed E-state index contributed by atoms with van der Waals surface area (Å²) in [7, 11) is 0. The highest BCUT2D eigenvalue weighted by Crippen LogP contribution is 2.18. The van der Waals surface area contributed by atoms with Crippen LogP contribution in [0.5, 0.6) is 0 Å². The van der Waals surface area contributed by atoms with Gasteiger partial charge in [0.05, 0.1) is 15.6 Å². The average Bonchev–Trinajstić information content (AvgIpc) is 2.83. The fraction of sp³-hybridized carbons (Fsp3) is 0.636. The first kappa shape index (κ1) is 11.5. The molecular weight excluding hydrogens is 220 g/mol. The highest BCUT2D eigenvalue weighted by molar-refractivity contribution is 7.13. The second-order valence-electron chi connectivity index (χ2n) is 4.23. The predicted octanol–water partition coefficient (Wildman–Crippen LogP) is 1.37. The number of rotatable bonds is 4. The molecule has 4 nitrogen and oxygen atoms in total. The van der Waals surface area contributed by atoms with Gasteiger partial charge in [-0.15, -0.1) is 11.3 Å². The smallest absolute Gasteiger partial charge is 0.135 e. The van der Waals surface area contributed by atoms with E-state index in [2.05, 4.69) is 9.88 Å². The molecule has 1 aromatic rings. The van der Waals surface area contributed by atoms with Crippen LogP contribution in [0.4, 0.5) is 0 Å². The van der Waals surface area contributed by atoms with Crippen molar-refractivity contribution in [2.24, 2.45) is 5.73 Å². The Balaban J connectivity index is 1.94. The Labute approximate surface area is 100.0 Å². The molecule has 88 valence electrons. The van der Waals surface area contributed by atoms with Crippen LogP contribution in [0, 0.1) is 12.3 Å². The average molecular weight is 238 g/mol. The van der Waals surface area contributed by atoms with Crippen LogP contribution in [0.1, 0.15) is 28.4 Å². The summed E-state index contributed by atoms with van der Waals surface area (Å²) >= 11 is 1.56. The van der Waals surface area contributed by atoms with E-state index in [4.69, 9.17) is 11.1 Å². The van der Waals surface area contributed by atoms with E-state index in [1.807, 2.05) is 6.92 Å². The number of nitrogens with zero attached hydrogens (tertiary/aromatic N) is 2. The zero-order valence-corrected chi connectivity index (χ0v) is 10.4. The number of thiazole rings is 1. The summed E-state index contributed by atoms with van der Waals surface area (Å²) in [5.74, 6) is 0.141. The van der Waals surface area contributed by atoms with Crippen molar-refractivity contribution in [3.63, 3.8) is 0 Å². The minimum Gasteiger partial charge on any atom is -0.383 e. The first-order chi connectivity index (χ1) is 7.66. The molecule has 0 spiro atoms. The molecule has 0 bridgehead atoms. The second-order valence-corrected chi connectivity index (χ2v) is 5.32. The maximum absolute atomic E-state index is 7.43. The third-order valence-electron chi connectivity index (χ3n) is 2.93. The lowest BCUT2D eigenvalue weighted by atomic mass is 10.3. The van der Waals surface area contributed by atoms with E-state index in [0.717, 1.165) is 28.5 Å². The van der Waals surface area contributed by atoms with Crippen molar-refractivity contribution in [3.8, 4) is 0 Å². The van der Waals surface area contributed by atoms with Crippen molar-refractivity contribution in [1.29, 1.82) is 5.41 Å². The van der Waals surface area contributed by atoms with Gasteiger partial charge in [0.2, 0.25) is 0 Å². The molecule has 0 atom stereocenters. The summed E-state index contributed by atoms with van der Waals surface area (Å²) in [5, 5.41) is 8.53. The number of nitrogen functional groups attached to an aromatic ring is 1. The van der Waals surface area contributed by atoms with Crippen molar-refractivity contribution in [2.45, 2.75) is 26.2 Å². The van der Waals surface area contributed by atoms with Crippen LogP contribution >= 0.6 is 11.3 Å². The lowest BCUT2D eigenvalue weighted by Gasteiger charge is -2.12. The maximum Gasteiger partial charge on any atom is 0.135 e. The molecule has 0 aliphatic carbocycles. The molecule has 1 aliphatic rings. The molecule has 0 radical (unpaired) electrons. The largest absolute Gasteiger partial charge is 0.383 e. The molecule has 1 aliphatic heterocycles. The lowest BCUT2D eigenvalue weighted by molar-refractivity contribution is 0.343. The summed E-state index contributed by atoms with van der Waals surface area (Å²) < 4.78 is 0. The predicted molar refractivity (Wildman–Crippen MR) is 67.2 cm³/mol. The van der Waals surface area contributed by atoms with E-state index in [1.54, 1.807) is 11.3 Å². The lowest BCUT2D eigenvalue weighted by Crippen LogP contribution is -2.21. The molecule has 16 heavy (non-hydrogen) atoms. The minimum atomic E-state index is 0.141. The van der Waals surface area contributed by atoms with Gasteiger partial charge in [0.1, 0.15) is 5.84 Å². The van der Waals surface area contributed by atoms with Gasteiger partial charge in [-0.05, 0) is 32.9 Å². The fourth-order valence-electron chi connectivity index (χ4n) is 2.07. The molecule has 3 N–H and O–H groups in total. The van der Waals surface area contributed by atoms with Gasteiger partial charge >= 0.3 is 0 Å². The molecule has 0 amide bonds. The van der Waals surface area contributed by atoms with Crippen LogP contribution in [0.25, 0.3) is 0 Å². The third kappa shape index (κ3) is 2.59. The maximum atomic E-state index is 7.43. The molecule has 1 fully saturated rings. The van der Waals surface area contributed by atoms with E-state index in [9.17, 15) is 0 Å². The summed E-state index contributed by atoms with van der Waals surface area (Å²) in [6.07, 6.45) is 3.64. The van der Waals surface area contributed by atoms with Crippen molar-refractivity contribution in [1.82, 2.24) is 9.88 Å². The molecule has 5 heteroatoms. The summed E-state index contributed by atoms with van der Waals surface area (Å²) in [5.41, 5.74) is 6.39. The minimum absolute atomic E-state index is 0.141. The van der Waals surface area contributed by atoms with Gasteiger partial charge < -0.3 is 10.6 Å². The highest BCUT2D eigenvalue weighted by Gasteiger charge is 2.14. The topological polar surface area (TPSA) is 66.0 Å². The molecule has 2 rings (SSSR count). The Kier molecular flexibility index (Phi) is 3.56. The van der Waals surface area contributed by atoms with Gasteiger partial charge in [-0.25, -0.2) is 4.98 Å². The third-order valence-corrected chi connectivity index (χ3v) is 4.18. The number of aromatic nitrogens is 1. The van der Waals surface area contributed by atoms with Gasteiger partial charge in [0.15, 0.2) is 0 Å². The number of nitrogens with one attached hydrogen (secondary N) is 1. The Bertz CT molecular complexity index is 379. The Morgan fingerprint density at radius 3 is 2.75 bits per heavy atom. The van der Waals surface area contributed by atoms with E-state index < -0.39 is 0 Å². The van der Waals surface area contributed by atoms with Gasteiger partial charge in [-0.3, -0.25) is 5.41 Å². The quantitative estimate of drug-likeness (QED) is 0.615. The Hall–Kier alpha value is -0.940. The number of nitrogens with two attached hydrogens (primary N) is 1. The number of hydrogen-bond acceptors (Lipinski definition) is 4. The van der Waals surface area contributed by atoms with E-state index >= 15 is 0 Å². The first-order valence-corrected chi connectivity index (χ1v) is 6.51. The molecule has 1 aromatic heterocycles. The van der Waals surface area contributed by atoms with Gasteiger partial charge in [-0.1, -0.05) is 0 Å². The number of aryl methyl sites for hydroxylation is 1. The van der Waals surface area contributed by atoms with Crippen LogP contribution in [-0.4, -0.2) is 35.4 Å². The number of hydrogen-bond donors (Lipinski definition) is 2. The zero-order valence-electron chi connectivity index (χ0n) is 9.62. The van der Waals surface area contributed by atoms with Crippen LogP contribution in [0.15, 0.2) is 0 Å².